The molecule has 0 amide bonds. The van der Waals surface area contributed by atoms with Crippen LogP contribution in [0.2, 0.25) is 0 Å². The summed E-state index contributed by atoms with van der Waals surface area (Å²) in [6.07, 6.45) is 0. The van der Waals surface area contributed by atoms with Crippen molar-refractivity contribution in [3.8, 4) is 11.5 Å². The molecule has 0 unspecified atom stereocenters. The molecule has 0 spiro atoms. The van der Waals surface area contributed by atoms with Crippen molar-refractivity contribution in [3.05, 3.63) is 51.8 Å². The van der Waals surface area contributed by atoms with Crippen LogP contribution in [0, 0.1) is 13.8 Å². The summed E-state index contributed by atoms with van der Waals surface area (Å²) in [7, 11) is 0. The number of rotatable bonds is 1. The van der Waals surface area contributed by atoms with E-state index >= 15 is 0 Å². The molecule has 4 heteroatoms. The molecule has 90 valence electrons. The Hall–Kier alpha value is -2.36. The zero-order valence-electron chi connectivity index (χ0n) is 10.2. The zero-order valence-corrected chi connectivity index (χ0v) is 10.2. The van der Waals surface area contributed by atoms with E-state index in [1.165, 1.54) is 17.2 Å². The molecule has 2 heterocycles. The van der Waals surface area contributed by atoms with Gasteiger partial charge >= 0.3 is 0 Å². The molecule has 0 fully saturated rings. The molecule has 2 N–H and O–H groups in total. The molecule has 0 aliphatic heterocycles. The number of hydrogen-bond donors (Lipinski definition) is 2. The van der Waals surface area contributed by atoms with E-state index in [1.54, 1.807) is 6.07 Å². The Morgan fingerprint density at radius 1 is 1.06 bits per heavy atom. The summed E-state index contributed by atoms with van der Waals surface area (Å²) < 4.78 is 0. The van der Waals surface area contributed by atoms with E-state index in [1.807, 2.05) is 12.1 Å². The number of nitrogens with zero attached hydrogens (tertiary/aromatic N) is 1. The predicted molar refractivity (Wildman–Crippen MR) is 71.6 cm³/mol. The maximum atomic E-state index is 11.3. The summed E-state index contributed by atoms with van der Waals surface area (Å²) in [5.74, 6) is 0.688. The summed E-state index contributed by atoms with van der Waals surface area (Å²) in [5.41, 5.74) is 4.91. The lowest BCUT2D eigenvalue weighted by Gasteiger charge is -1.97. The van der Waals surface area contributed by atoms with E-state index < -0.39 is 0 Å². The number of aryl methyl sites for hydroxylation is 2. The Kier molecular flexibility index (Phi) is 2.30. The van der Waals surface area contributed by atoms with Crippen LogP contribution in [0.5, 0.6) is 0 Å². The second-order valence-electron chi connectivity index (χ2n) is 4.47. The van der Waals surface area contributed by atoms with Gasteiger partial charge in [0.15, 0.2) is 5.82 Å². The summed E-state index contributed by atoms with van der Waals surface area (Å²) in [6.45, 7) is 4.13. The smallest absolute Gasteiger partial charge is 0.248 e. The topological polar surface area (TPSA) is 61.5 Å². The van der Waals surface area contributed by atoms with Crippen LogP contribution in [-0.4, -0.2) is 15.0 Å². The molecule has 0 saturated heterocycles. The van der Waals surface area contributed by atoms with Crippen LogP contribution in [-0.2, 0) is 0 Å². The molecule has 4 nitrogen and oxygen atoms in total. The Labute approximate surface area is 104 Å². The van der Waals surface area contributed by atoms with Gasteiger partial charge in [0.25, 0.3) is 0 Å². The Morgan fingerprint density at radius 3 is 2.61 bits per heavy atom. The number of pyridine rings is 1. The molecular formula is C14H13N3O. The first-order chi connectivity index (χ1) is 8.63. The maximum absolute atomic E-state index is 11.3. The van der Waals surface area contributed by atoms with Gasteiger partial charge in [-0.3, -0.25) is 4.79 Å². The van der Waals surface area contributed by atoms with Crippen LogP contribution in [0.4, 0.5) is 0 Å². The van der Waals surface area contributed by atoms with Crippen molar-refractivity contribution in [1.82, 2.24) is 15.0 Å². The zero-order chi connectivity index (χ0) is 12.7. The van der Waals surface area contributed by atoms with Gasteiger partial charge in [-0.25, -0.2) is 4.98 Å². The molecule has 2 aromatic heterocycles. The van der Waals surface area contributed by atoms with Gasteiger partial charge in [-0.2, -0.15) is 0 Å². The van der Waals surface area contributed by atoms with Crippen molar-refractivity contribution in [2.45, 2.75) is 13.8 Å². The van der Waals surface area contributed by atoms with Gasteiger partial charge in [0.2, 0.25) is 5.56 Å². The van der Waals surface area contributed by atoms with E-state index in [2.05, 4.69) is 34.9 Å². The molecule has 0 aliphatic rings. The molecule has 18 heavy (non-hydrogen) atoms. The minimum Gasteiger partial charge on any atom is -0.337 e. The third kappa shape index (κ3) is 1.72. The highest BCUT2D eigenvalue weighted by Crippen LogP contribution is 2.21. The minimum absolute atomic E-state index is 0.125. The molecule has 0 saturated carbocycles. The first-order valence-electron chi connectivity index (χ1n) is 5.80. The number of H-pyrrole nitrogens is 2. The molecule has 0 atom stereocenters. The number of benzene rings is 1. The quantitative estimate of drug-likeness (QED) is 0.685. The summed E-state index contributed by atoms with van der Waals surface area (Å²) >= 11 is 0. The van der Waals surface area contributed by atoms with Gasteiger partial charge < -0.3 is 9.97 Å². The largest absolute Gasteiger partial charge is 0.337 e. The molecule has 0 aliphatic carbocycles. The molecule has 1 aromatic carbocycles. The number of aromatic amines is 2. The van der Waals surface area contributed by atoms with E-state index in [-0.39, 0.29) is 5.56 Å². The van der Waals surface area contributed by atoms with Gasteiger partial charge in [-0.15, -0.1) is 0 Å². The van der Waals surface area contributed by atoms with Gasteiger partial charge in [-0.1, -0.05) is 6.07 Å². The van der Waals surface area contributed by atoms with Crippen LogP contribution in [0.3, 0.4) is 0 Å². The number of aromatic nitrogens is 3. The number of nitrogens with one attached hydrogen (secondary N) is 2. The third-order valence-corrected chi connectivity index (χ3v) is 3.12. The second-order valence-corrected chi connectivity index (χ2v) is 4.47. The van der Waals surface area contributed by atoms with Gasteiger partial charge in [-0.05, 0) is 43.2 Å². The van der Waals surface area contributed by atoms with Crippen molar-refractivity contribution in [3.63, 3.8) is 0 Å². The Bertz CT molecular complexity index is 744. The number of imidazole rings is 1. The van der Waals surface area contributed by atoms with Crippen LogP contribution in [0.25, 0.3) is 22.6 Å². The molecular weight excluding hydrogens is 226 g/mol. The monoisotopic (exact) mass is 239 g/mol. The fourth-order valence-corrected chi connectivity index (χ4v) is 1.98. The van der Waals surface area contributed by atoms with Crippen LogP contribution in [0.15, 0.2) is 35.1 Å². The highest BCUT2D eigenvalue weighted by atomic mass is 16.1. The highest BCUT2D eigenvalue weighted by Gasteiger charge is 2.07. The van der Waals surface area contributed by atoms with Crippen molar-refractivity contribution in [2.24, 2.45) is 0 Å². The average molecular weight is 239 g/mol. The Morgan fingerprint density at radius 2 is 1.83 bits per heavy atom. The molecule has 0 radical (unpaired) electrons. The number of fused-ring (bicyclic) bond motifs is 1. The fraction of sp³-hybridized carbons (Fsp3) is 0.143. The normalized spacial score (nSPS) is 11.0. The second kappa shape index (κ2) is 3.84. The first-order valence-corrected chi connectivity index (χ1v) is 5.80. The first kappa shape index (κ1) is 10.8. The molecule has 3 rings (SSSR count). The van der Waals surface area contributed by atoms with Crippen LogP contribution < -0.4 is 5.56 Å². The minimum atomic E-state index is -0.125. The maximum Gasteiger partial charge on any atom is 0.248 e. The summed E-state index contributed by atoms with van der Waals surface area (Å²) in [6, 6.07) is 9.16. The Balaban J connectivity index is 2.22. The fourth-order valence-electron chi connectivity index (χ4n) is 1.98. The SMILES string of the molecule is Cc1cc2nc(-c3cccc(=O)[nH]3)[nH]c2cc1C. The standard InChI is InChI=1S/C14H13N3O/c1-8-6-11-12(7-9(8)2)17-14(16-11)10-4-3-5-13(18)15-10/h3-7H,1-2H3,(H,15,18)(H,16,17). The van der Waals surface area contributed by atoms with E-state index in [0.29, 0.717) is 11.5 Å². The van der Waals surface area contributed by atoms with Crippen molar-refractivity contribution >= 4 is 11.0 Å². The molecule has 3 aromatic rings. The van der Waals surface area contributed by atoms with E-state index in [9.17, 15) is 4.79 Å². The summed E-state index contributed by atoms with van der Waals surface area (Å²) in [5, 5.41) is 0. The predicted octanol–water partition coefficient (Wildman–Crippen LogP) is 2.54. The van der Waals surface area contributed by atoms with E-state index in [4.69, 9.17) is 0 Å². The lowest BCUT2D eigenvalue weighted by Crippen LogP contribution is -2.03. The van der Waals surface area contributed by atoms with Crippen molar-refractivity contribution in [2.75, 3.05) is 0 Å². The summed E-state index contributed by atoms with van der Waals surface area (Å²) in [4.78, 5) is 21.8. The van der Waals surface area contributed by atoms with Crippen molar-refractivity contribution < 1.29 is 0 Å². The van der Waals surface area contributed by atoms with Gasteiger partial charge in [0.1, 0.15) is 0 Å². The lowest BCUT2D eigenvalue weighted by molar-refractivity contribution is 1.19. The average Bonchev–Trinajstić information content (AvgIpc) is 2.73. The van der Waals surface area contributed by atoms with Gasteiger partial charge in [0, 0.05) is 6.07 Å². The van der Waals surface area contributed by atoms with Crippen LogP contribution in [0.1, 0.15) is 11.1 Å². The third-order valence-electron chi connectivity index (χ3n) is 3.12. The molecule has 0 bridgehead atoms. The van der Waals surface area contributed by atoms with Gasteiger partial charge in [0.05, 0.1) is 16.7 Å². The van der Waals surface area contributed by atoms with Crippen molar-refractivity contribution in [1.29, 1.82) is 0 Å². The lowest BCUT2D eigenvalue weighted by atomic mass is 10.1. The van der Waals surface area contributed by atoms with E-state index in [0.717, 1.165) is 11.0 Å². The highest BCUT2D eigenvalue weighted by molar-refractivity contribution is 5.80. The number of hydrogen-bond acceptors (Lipinski definition) is 2. The van der Waals surface area contributed by atoms with Crippen LogP contribution >= 0.6 is 0 Å².